The Morgan fingerprint density at radius 1 is 1.27 bits per heavy atom. The fourth-order valence-electron chi connectivity index (χ4n) is 2.69. The van der Waals surface area contributed by atoms with Crippen molar-refractivity contribution >= 4 is 15.7 Å². The van der Waals surface area contributed by atoms with Gasteiger partial charge in [-0.15, -0.1) is 0 Å². The predicted octanol–water partition coefficient (Wildman–Crippen LogP) is 2.16. The molecule has 2 heterocycles. The van der Waals surface area contributed by atoms with Crippen molar-refractivity contribution < 1.29 is 26.7 Å². The number of hydrogen-bond acceptors (Lipinski definition) is 5. The van der Waals surface area contributed by atoms with E-state index in [4.69, 9.17) is 4.74 Å². The average molecular weight is 382 g/mol. The predicted molar refractivity (Wildman–Crippen MR) is 89.0 cm³/mol. The van der Waals surface area contributed by atoms with Crippen molar-refractivity contribution in [2.45, 2.75) is 17.9 Å². The van der Waals surface area contributed by atoms with Crippen molar-refractivity contribution in [1.29, 1.82) is 0 Å². The van der Waals surface area contributed by atoms with E-state index in [1.807, 2.05) is 0 Å². The van der Waals surface area contributed by atoms with E-state index in [1.165, 1.54) is 29.3 Å². The number of fused-ring (bicyclic) bond motifs is 1. The van der Waals surface area contributed by atoms with Crippen LogP contribution in [0.25, 0.3) is 0 Å². The minimum atomic E-state index is -3.47. The normalized spacial score (nSPS) is 16.0. The molecule has 0 N–H and O–H groups in total. The summed E-state index contributed by atoms with van der Waals surface area (Å²) < 4.78 is 54.0. The van der Waals surface area contributed by atoms with Crippen LogP contribution in [0.2, 0.25) is 0 Å². The Morgan fingerprint density at radius 3 is 2.81 bits per heavy atom. The van der Waals surface area contributed by atoms with Crippen LogP contribution < -0.4 is 4.74 Å². The largest absolute Gasteiger partial charge is 0.472 e. The van der Waals surface area contributed by atoms with Crippen LogP contribution >= 0.6 is 0 Å². The standard InChI is InChI=1S/C17H16F2N2O4S/c18-15(19)11-25-16-9-12(5-6-20-16)17(22)21-7-8-26(23,24)14-4-2-1-3-13(14)10-21/h1-6,9,15H,7-8,10-11H2. The number of aromatic nitrogens is 1. The van der Waals surface area contributed by atoms with E-state index in [-0.39, 0.29) is 35.2 Å². The fraction of sp³-hybridized carbons (Fsp3) is 0.294. The minimum Gasteiger partial charge on any atom is -0.472 e. The lowest BCUT2D eigenvalue weighted by Crippen LogP contribution is -2.32. The monoisotopic (exact) mass is 382 g/mol. The minimum absolute atomic E-state index is 0.0331. The van der Waals surface area contributed by atoms with Crippen LogP contribution in [0, 0.1) is 0 Å². The van der Waals surface area contributed by atoms with Crippen molar-refractivity contribution in [3.05, 3.63) is 53.7 Å². The van der Waals surface area contributed by atoms with Gasteiger partial charge in [-0.1, -0.05) is 18.2 Å². The van der Waals surface area contributed by atoms with Gasteiger partial charge < -0.3 is 9.64 Å². The Morgan fingerprint density at radius 2 is 2.04 bits per heavy atom. The summed E-state index contributed by atoms with van der Waals surface area (Å²) in [5, 5.41) is 0. The van der Waals surface area contributed by atoms with Gasteiger partial charge in [-0.25, -0.2) is 22.2 Å². The molecule has 0 fully saturated rings. The Hall–Kier alpha value is -2.55. The molecule has 1 aromatic carbocycles. The van der Waals surface area contributed by atoms with Gasteiger partial charge in [0.1, 0.15) is 0 Å². The molecule has 0 radical (unpaired) electrons. The molecular weight excluding hydrogens is 366 g/mol. The second-order valence-electron chi connectivity index (χ2n) is 5.74. The number of hydrogen-bond donors (Lipinski definition) is 0. The zero-order valence-corrected chi connectivity index (χ0v) is 14.5. The van der Waals surface area contributed by atoms with Crippen molar-refractivity contribution in [3.8, 4) is 5.88 Å². The van der Waals surface area contributed by atoms with E-state index in [0.717, 1.165) is 0 Å². The molecule has 0 saturated carbocycles. The van der Waals surface area contributed by atoms with Gasteiger partial charge in [0.2, 0.25) is 5.88 Å². The highest BCUT2D eigenvalue weighted by Gasteiger charge is 2.28. The number of sulfone groups is 1. The molecule has 0 spiro atoms. The van der Waals surface area contributed by atoms with Crippen molar-refractivity contribution in [2.75, 3.05) is 18.9 Å². The number of carbonyl (C=O) groups is 1. The van der Waals surface area contributed by atoms with Gasteiger partial charge in [0.15, 0.2) is 16.4 Å². The maximum Gasteiger partial charge on any atom is 0.272 e. The molecule has 1 aliphatic rings. The van der Waals surface area contributed by atoms with Crippen LogP contribution in [0.5, 0.6) is 5.88 Å². The number of halogens is 2. The van der Waals surface area contributed by atoms with E-state index >= 15 is 0 Å². The molecule has 26 heavy (non-hydrogen) atoms. The quantitative estimate of drug-likeness (QED) is 0.810. The summed E-state index contributed by atoms with van der Waals surface area (Å²) in [5.41, 5.74) is 0.739. The number of nitrogens with zero attached hydrogens (tertiary/aromatic N) is 2. The maximum absolute atomic E-state index is 12.8. The summed E-state index contributed by atoms with van der Waals surface area (Å²) in [7, 11) is -3.47. The van der Waals surface area contributed by atoms with Gasteiger partial charge in [-0.2, -0.15) is 0 Å². The Kier molecular flexibility index (Phi) is 5.17. The van der Waals surface area contributed by atoms with Crippen LogP contribution in [-0.2, 0) is 16.4 Å². The highest BCUT2D eigenvalue weighted by Crippen LogP contribution is 2.24. The first-order chi connectivity index (χ1) is 12.4. The number of alkyl halides is 2. The SMILES string of the molecule is O=C(c1ccnc(OCC(F)F)c1)N1CCS(=O)(=O)c2ccccc2C1. The smallest absolute Gasteiger partial charge is 0.272 e. The van der Waals surface area contributed by atoms with Crippen LogP contribution in [0.4, 0.5) is 8.78 Å². The van der Waals surface area contributed by atoms with E-state index < -0.39 is 28.8 Å². The Labute approximate surface area is 149 Å². The van der Waals surface area contributed by atoms with Crippen molar-refractivity contribution in [3.63, 3.8) is 0 Å². The molecule has 1 aliphatic heterocycles. The first kappa shape index (κ1) is 18.2. The second-order valence-corrected chi connectivity index (χ2v) is 7.82. The number of amides is 1. The van der Waals surface area contributed by atoms with Crippen LogP contribution in [0.3, 0.4) is 0 Å². The highest BCUT2D eigenvalue weighted by molar-refractivity contribution is 7.91. The lowest BCUT2D eigenvalue weighted by atomic mass is 10.2. The van der Waals surface area contributed by atoms with Crippen molar-refractivity contribution in [2.24, 2.45) is 0 Å². The first-order valence-corrected chi connectivity index (χ1v) is 9.49. The molecule has 0 aliphatic carbocycles. The topological polar surface area (TPSA) is 76.6 Å². The van der Waals surface area contributed by atoms with Gasteiger partial charge in [0.05, 0.1) is 10.6 Å². The zero-order chi connectivity index (χ0) is 18.7. The summed E-state index contributed by atoms with van der Waals surface area (Å²) in [6, 6.07) is 9.26. The summed E-state index contributed by atoms with van der Waals surface area (Å²) in [6.07, 6.45) is -1.36. The van der Waals surface area contributed by atoms with Gasteiger partial charge in [0.25, 0.3) is 12.3 Å². The first-order valence-electron chi connectivity index (χ1n) is 7.84. The van der Waals surface area contributed by atoms with E-state index in [0.29, 0.717) is 5.56 Å². The summed E-state index contributed by atoms with van der Waals surface area (Å²) >= 11 is 0. The lowest BCUT2D eigenvalue weighted by molar-refractivity contribution is 0.0748. The lowest BCUT2D eigenvalue weighted by Gasteiger charge is -2.20. The summed E-state index contributed by atoms with van der Waals surface area (Å²) in [4.78, 5) is 18.2. The van der Waals surface area contributed by atoms with Crippen molar-refractivity contribution in [1.82, 2.24) is 9.88 Å². The molecule has 0 unspecified atom stereocenters. The highest BCUT2D eigenvalue weighted by atomic mass is 32.2. The van der Waals surface area contributed by atoms with E-state index in [1.54, 1.807) is 18.2 Å². The van der Waals surface area contributed by atoms with Crippen LogP contribution in [0.15, 0.2) is 47.5 Å². The molecule has 6 nitrogen and oxygen atoms in total. The van der Waals surface area contributed by atoms with E-state index in [2.05, 4.69) is 4.98 Å². The Bertz CT molecular complexity index is 918. The number of ether oxygens (including phenoxy) is 1. The third-order valence-electron chi connectivity index (χ3n) is 3.93. The average Bonchev–Trinajstić information content (AvgIpc) is 2.76. The molecule has 9 heteroatoms. The summed E-state index contributed by atoms with van der Waals surface area (Å²) in [5.74, 6) is -0.685. The van der Waals surface area contributed by atoms with Gasteiger partial charge in [-0.3, -0.25) is 4.79 Å². The van der Waals surface area contributed by atoms with Crippen LogP contribution in [-0.4, -0.2) is 49.5 Å². The zero-order valence-electron chi connectivity index (χ0n) is 13.6. The number of pyridine rings is 1. The van der Waals surface area contributed by atoms with Gasteiger partial charge in [0, 0.05) is 30.9 Å². The number of carbonyl (C=O) groups excluding carboxylic acids is 1. The summed E-state index contributed by atoms with van der Waals surface area (Å²) in [6.45, 7) is -0.644. The third kappa shape index (κ3) is 3.98. The molecule has 0 saturated heterocycles. The Balaban J connectivity index is 1.84. The number of rotatable bonds is 4. The second kappa shape index (κ2) is 7.36. The van der Waals surface area contributed by atoms with Gasteiger partial charge in [-0.05, 0) is 17.7 Å². The molecule has 0 bridgehead atoms. The van der Waals surface area contributed by atoms with Crippen LogP contribution in [0.1, 0.15) is 15.9 Å². The maximum atomic E-state index is 12.8. The molecule has 138 valence electrons. The third-order valence-corrected chi connectivity index (χ3v) is 5.71. The van der Waals surface area contributed by atoms with E-state index in [9.17, 15) is 22.0 Å². The number of benzene rings is 1. The molecule has 3 rings (SSSR count). The molecule has 1 aromatic heterocycles. The fourth-order valence-corrected chi connectivity index (χ4v) is 4.19. The molecule has 2 aromatic rings. The molecule has 1 amide bonds. The molecule has 0 atom stereocenters. The molecular formula is C17H16F2N2O4S. The van der Waals surface area contributed by atoms with Gasteiger partial charge >= 0.3 is 0 Å².